The minimum absolute atomic E-state index is 0.499. The number of nitrogen functional groups attached to an aromatic ring is 1. The first-order chi connectivity index (χ1) is 13.2. The molecule has 3 aromatic rings. The zero-order chi connectivity index (χ0) is 18.5. The van der Waals surface area contributed by atoms with Crippen LogP contribution in [0.5, 0.6) is 0 Å². The maximum absolute atomic E-state index is 7.85. The van der Waals surface area contributed by atoms with Crippen LogP contribution in [0, 0.1) is 5.41 Å². The molecule has 3 N–H and O–H groups in total. The molecule has 0 fully saturated rings. The van der Waals surface area contributed by atoms with Gasteiger partial charge in [0.1, 0.15) is 5.15 Å². The number of aryl methyl sites for hydroxylation is 1. The van der Waals surface area contributed by atoms with Crippen molar-refractivity contribution in [2.75, 3.05) is 5.73 Å². The molecular weight excluding hydrogens is 355 g/mol. The summed E-state index contributed by atoms with van der Waals surface area (Å²) in [6.45, 7) is 0. The van der Waals surface area contributed by atoms with Gasteiger partial charge in [-0.05, 0) is 66.1 Å². The highest BCUT2D eigenvalue weighted by molar-refractivity contribution is 6.63. The molecule has 2 aliphatic rings. The van der Waals surface area contributed by atoms with E-state index in [1.807, 2.05) is 31.5 Å². The number of nitrogens with zero attached hydrogens (tertiary/aromatic N) is 2. The van der Waals surface area contributed by atoms with Gasteiger partial charge in [-0.25, -0.2) is 4.98 Å². The van der Waals surface area contributed by atoms with E-state index in [4.69, 9.17) is 27.7 Å². The molecule has 0 bridgehead atoms. The van der Waals surface area contributed by atoms with Crippen molar-refractivity contribution in [2.45, 2.75) is 25.7 Å². The highest BCUT2D eigenvalue weighted by Crippen LogP contribution is 2.38. The van der Waals surface area contributed by atoms with E-state index in [-0.39, 0.29) is 0 Å². The summed E-state index contributed by atoms with van der Waals surface area (Å²) in [7, 11) is 2.00. The predicted molar refractivity (Wildman–Crippen MR) is 112 cm³/mol. The summed E-state index contributed by atoms with van der Waals surface area (Å²) in [5, 5.41) is 9.39. The average molecular weight is 372 g/mol. The number of hydrogen-bond acceptors (Lipinski definition) is 4. The zero-order valence-corrected chi connectivity index (χ0v) is 15.5. The fourth-order valence-electron chi connectivity index (χ4n) is 4.31. The van der Waals surface area contributed by atoms with Crippen LogP contribution >= 0.6 is 11.6 Å². The summed E-state index contributed by atoms with van der Waals surface area (Å²) >= 11 is 6.06. The van der Waals surface area contributed by atoms with E-state index in [1.165, 1.54) is 17.3 Å². The van der Waals surface area contributed by atoms with Gasteiger partial charge < -0.3 is 11.1 Å². The van der Waals surface area contributed by atoms with Gasteiger partial charge in [0.15, 0.2) is 0 Å². The summed E-state index contributed by atoms with van der Waals surface area (Å²) in [6.07, 6.45) is 5.65. The van der Waals surface area contributed by atoms with Crippen LogP contribution in [0.1, 0.15) is 40.8 Å². The Morgan fingerprint density at radius 1 is 1.07 bits per heavy atom. The van der Waals surface area contributed by atoms with Gasteiger partial charge >= 0.3 is 0 Å². The SMILES string of the molecule is N=Cc1c(N)ccc2nc(C3=C[B]c4nc(Cl)ccc43)c3c(c12)CCCC3. The second-order valence-corrected chi connectivity index (χ2v) is 7.43. The second kappa shape index (κ2) is 6.20. The Morgan fingerprint density at radius 2 is 1.89 bits per heavy atom. The Morgan fingerprint density at radius 3 is 2.70 bits per heavy atom. The van der Waals surface area contributed by atoms with E-state index in [1.54, 1.807) is 0 Å². The van der Waals surface area contributed by atoms with E-state index < -0.39 is 0 Å². The predicted octanol–water partition coefficient (Wildman–Crippen LogP) is 3.47. The molecule has 27 heavy (non-hydrogen) atoms. The van der Waals surface area contributed by atoms with E-state index in [9.17, 15) is 0 Å². The first-order valence-electron chi connectivity index (χ1n) is 9.14. The van der Waals surface area contributed by atoms with Crippen molar-refractivity contribution in [2.24, 2.45) is 0 Å². The largest absolute Gasteiger partial charge is 0.398 e. The van der Waals surface area contributed by atoms with E-state index in [0.717, 1.165) is 64.6 Å². The number of hydrogen-bond donors (Lipinski definition) is 2. The maximum atomic E-state index is 7.85. The normalized spacial score (nSPS) is 15.1. The Hall–Kier alpha value is -2.66. The number of fused-ring (bicyclic) bond motifs is 4. The Kier molecular flexibility index (Phi) is 3.79. The number of benzene rings is 1. The standard InChI is InChI=1S/C21H17BClN4/c23-18-8-5-13-14(9-22-21(13)27-18)20-12-4-2-1-3-11(12)19-15(10-24)16(25)6-7-17(19)26-20/h5-10,24H,1-4,25H2. The molecule has 3 heterocycles. The van der Waals surface area contributed by atoms with Crippen LogP contribution in [0.25, 0.3) is 16.5 Å². The third-order valence-electron chi connectivity index (χ3n) is 5.53. The summed E-state index contributed by atoms with van der Waals surface area (Å²) < 4.78 is 0. The molecule has 2 aromatic heterocycles. The molecule has 0 spiro atoms. The molecule has 1 radical (unpaired) electrons. The van der Waals surface area contributed by atoms with E-state index in [2.05, 4.69) is 11.0 Å². The van der Waals surface area contributed by atoms with Gasteiger partial charge in [-0.1, -0.05) is 17.7 Å². The maximum Gasteiger partial charge on any atom is 0.208 e. The van der Waals surface area contributed by atoms with Crippen LogP contribution in [-0.4, -0.2) is 23.5 Å². The number of halogens is 1. The third kappa shape index (κ3) is 2.49. The number of anilines is 1. The lowest BCUT2D eigenvalue weighted by Gasteiger charge is -2.23. The molecule has 5 rings (SSSR count). The molecule has 0 saturated heterocycles. The minimum atomic E-state index is 0.499. The molecule has 1 aliphatic heterocycles. The van der Waals surface area contributed by atoms with Crippen molar-refractivity contribution >= 4 is 52.9 Å². The summed E-state index contributed by atoms with van der Waals surface area (Å²) in [6, 6.07) is 7.66. The van der Waals surface area contributed by atoms with Crippen molar-refractivity contribution in [1.29, 1.82) is 5.41 Å². The Labute approximate surface area is 163 Å². The number of rotatable bonds is 2. The van der Waals surface area contributed by atoms with Gasteiger partial charge in [0, 0.05) is 28.4 Å². The van der Waals surface area contributed by atoms with E-state index in [0.29, 0.717) is 10.8 Å². The molecule has 1 aromatic carbocycles. The molecular formula is C21H17BClN4. The smallest absolute Gasteiger partial charge is 0.208 e. The Bertz CT molecular complexity index is 1150. The molecule has 0 saturated carbocycles. The van der Waals surface area contributed by atoms with Crippen LogP contribution < -0.4 is 11.3 Å². The van der Waals surface area contributed by atoms with Crippen LogP contribution in [0.3, 0.4) is 0 Å². The third-order valence-corrected chi connectivity index (χ3v) is 5.74. The number of nitrogens with two attached hydrogens (primary N) is 1. The van der Waals surface area contributed by atoms with Gasteiger partial charge in [-0.3, -0.25) is 4.98 Å². The topological polar surface area (TPSA) is 75.7 Å². The quantitative estimate of drug-likeness (QED) is 0.313. The van der Waals surface area contributed by atoms with Crippen LogP contribution in [0.4, 0.5) is 5.69 Å². The fraction of sp³-hybridized carbons (Fsp3) is 0.190. The van der Waals surface area contributed by atoms with Crippen molar-refractivity contribution in [3.05, 3.63) is 63.3 Å². The van der Waals surface area contributed by atoms with Gasteiger partial charge in [0.25, 0.3) is 0 Å². The molecule has 0 unspecified atom stereocenters. The van der Waals surface area contributed by atoms with Gasteiger partial charge in [-0.15, -0.1) is 5.98 Å². The van der Waals surface area contributed by atoms with Crippen LogP contribution in [-0.2, 0) is 12.8 Å². The first-order valence-corrected chi connectivity index (χ1v) is 9.52. The summed E-state index contributed by atoms with van der Waals surface area (Å²) in [4.78, 5) is 9.46. The second-order valence-electron chi connectivity index (χ2n) is 7.05. The lowest BCUT2D eigenvalue weighted by molar-refractivity contribution is 0.685. The molecule has 131 valence electrons. The Balaban J connectivity index is 1.81. The molecule has 4 nitrogen and oxygen atoms in total. The minimum Gasteiger partial charge on any atom is -0.398 e. The highest BCUT2D eigenvalue weighted by Gasteiger charge is 2.26. The number of nitrogens with one attached hydrogen (secondary N) is 1. The van der Waals surface area contributed by atoms with E-state index >= 15 is 0 Å². The monoisotopic (exact) mass is 371 g/mol. The van der Waals surface area contributed by atoms with Gasteiger partial charge in [0.2, 0.25) is 7.28 Å². The molecule has 1 aliphatic carbocycles. The van der Waals surface area contributed by atoms with Crippen LogP contribution in [0.2, 0.25) is 5.15 Å². The zero-order valence-electron chi connectivity index (χ0n) is 14.7. The number of pyridine rings is 2. The van der Waals surface area contributed by atoms with Crippen LogP contribution in [0.15, 0.2) is 30.2 Å². The van der Waals surface area contributed by atoms with Gasteiger partial charge in [-0.2, -0.15) is 0 Å². The number of aromatic nitrogens is 2. The highest BCUT2D eigenvalue weighted by atomic mass is 35.5. The van der Waals surface area contributed by atoms with Crippen molar-refractivity contribution in [3.63, 3.8) is 0 Å². The van der Waals surface area contributed by atoms with Crippen molar-refractivity contribution in [1.82, 2.24) is 9.97 Å². The molecule has 0 amide bonds. The average Bonchev–Trinajstić information content (AvgIpc) is 3.10. The molecule has 6 heteroatoms. The summed E-state index contributed by atoms with van der Waals surface area (Å²) in [5.74, 6) is 2.09. The lowest BCUT2D eigenvalue weighted by atomic mass is 9.77. The van der Waals surface area contributed by atoms with Crippen molar-refractivity contribution < 1.29 is 0 Å². The molecule has 0 atom stereocenters. The first kappa shape index (κ1) is 16.5. The van der Waals surface area contributed by atoms with Gasteiger partial charge in [0.05, 0.1) is 11.2 Å². The van der Waals surface area contributed by atoms with Crippen molar-refractivity contribution in [3.8, 4) is 0 Å². The summed E-state index contributed by atoms with van der Waals surface area (Å²) in [5.41, 5.74) is 15.1. The lowest BCUT2D eigenvalue weighted by Crippen LogP contribution is -2.17. The fourth-order valence-corrected chi connectivity index (χ4v) is 4.46.